The number of piperidine rings is 1. The van der Waals surface area contributed by atoms with Crippen molar-refractivity contribution >= 4 is 40.6 Å². The quantitative estimate of drug-likeness (QED) is 0.262. The molecule has 0 bridgehead atoms. The summed E-state index contributed by atoms with van der Waals surface area (Å²) in [7, 11) is 0. The van der Waals surface area contributed by atoms with E-state index in [0.29, 0.717) is 36.0 Å². The molecule has 1 aliphatic heterocycles. The predicted molar refractivity (Wildman–Crippen MR) is 162 cm³/mol. The number of likely N-dealkylation sites (tertiary alicyclic amines) is 1. The van der Waals surface area contributed by atoms with Gasteiger partial charge in [-0.05, 0) is 57.2 Å². The third kappa shape index (κ3) is 6.46. The molecule has 1 aliphatic rings. The van der Waals surface area contributed by atoms with Crippen LogP contribution in [-0.2, 0) is 0 Å². The number of carbonyl (C=O) groups excluding carboxylic acids is 1. The molecule has 8 nitrogen and oxygen atoms in total. The number of halogens is 3. The van der Waals surface area contributed by atoms with E-state index in [1.165, 1.54) is 12.1 Å². The lowest BCUT2D eigenvalue weighted by molar-refractivity contribution is 0.169. The number of nitrogens with two attached hydrogens (primary N) is 1. The average Bonchev–Trinajstić information content (AvgIpc) is 3.43. The van der Waals surface area contributed by atoms with Crippen molar-refractivity contribution < 1.29 is 13.9 Å². The predicted octanol–water partition coefficient (Wildman–Crippen LogP) is 7.39. The molecule has 4 rings (SSSR count). The van der Waals surface area contributed by atoms with Crippen LogP contribution >= 0.6 is 23.2 Å². The van der Waals surface area contributed by atoms with Crippen LogP contribution in [0, 0.1) is 5.82 Å². The zero-order chi connectivity index (χ0) is 29.8. The fraction of sp³-hybridized carbons (Fsp3) is 0.433. The number of carbonyl (C=O) groups is 1. The van der Waals surface area contributed by atoms with Gasteiger partial charge >= 0.3 is 6.03 Å². The summed E-state index contributed by atoms with van der Waals surface area (Å²) in [6, 6.07) is 2.86. The molecule has 0 saturated carbocycles. The van der Waals surface area contributed by atoms with E-state index in [9.17, 15) is 9.18 Å². The maximum atomic E-state index is 14.3. The maximum absolute atomic E-state index is 14.3. The number of anilines is 1. The van der Waals surface area contributed by atoms with Crippen molar-refractivity contribution in [1.82, 2.24) is 25.0 Å². The van der Waals surface area contributed by atoms with Gasteiger partial charge in [0, 0.05) is 59.3 Å². The normalized spacial score (nSPS) is 15.3. The highest BCUT2D eigenvalue weighted by atomic mass is 35.5. The third-order valence-corrected chi connectivity index (χ3v) is 8.12. The third-order valence-electron chi connectivity index (χ3n) is 7.40. The van der Waals surface area contributed by atoms with E-state index in [1.54, 1.807) is 13.1 Å². The van der Waals surface area contributed by atoms with Crippen molar-refractivity contribution in [1.29, 1.82) is 0 Å². The summed E-state index contributed by atoms with van der Waals surface area (Å²) < 4.78 is 22.6. The van der Waals surface area contributed by atoms with Gasteiger partial charge < -0.3 is 20.7 Å². The number of amides is 2. The lowest BCUT2D eigenvalue weighted by atomic mass is 9.90. The van der Waals surface area contributed by atoms with Crippen molar-refractivity contribution in [2.75, 3.05) is 25.4 Å². The smallest absolute Gasteiger partial charge is 0.317 e. The summed E-state index contributed by atoms with van der Waals surface area (Å²) in [6.07, 6.45) is 8.62. The van der Waals surface area contributed by atoms with Gasteiger partial charge in [0.15, 0.2) is 11.6 Å². The van der Waals surface area contributed by atoms with E-state index in [0.717, 1.165) is 35.1 Å². The van der Waals surface area contributed by atoms with E-state index in [-0.39, 0.29) is 28.8 Å². The Labute approximate surface area is 250 Å². The van der Waals surface area contributed by atoms with Gasteiger partial charge in [0.2, 0.25) is 0 Å². The van der Waals surface area contributed by atoms with Gasteiger partial charge in [-0.25, -0.2) is 14.2 Å². The minimum atomic E-state index is -0.690. The number of benzene rings is 1. The van der Waals surface area contributed by atoms with Crippen molar-refractivity contribution in [3.63, 3.8) is 0 Å². The second kappa shape index (κ2) is 13.1. The molecular weight excluding hydrogens is 566 g/mol. The van der Waals surface area contributed by atoms with Crippen LogP contribution in [0.2, 0.25) is 10.0 Å². The monoisotopic (exact) mass is 602 g/mol. The second-order valence-electron chi connectivity index (χ2n) is 10.4. The molecule has 1 aromatic carbocycles. The van der Waals surface area contributed by atoms with Gasteiger partial charge in [0.1, 0.15) is 11.9 Å². The maximum Gasteiger partial charge on any atom is 0.317 e. The standard InChI is InChI=1S/C30H37Cl2FN6O2/c1-6-21(19-14-37-39(16-19)20-10-12-38(13-11-20)30(40)35-7-2)22-15-36-29(34)28(25(22)17(3)4)41-18(5)26-23(31)8-9-24(33)27(26)32/h6,8-9,14-18,20H,7,10-13H2,1-5H3,(H2,34,36)(H,35,40)/b21-6-. The number of ether oxygens (including phenoxy) is 1. The molecule has 3 heterocycles. The Morgan fingerprint density at radius 2 is 1.93 bits per heavy atom. The zero-order valence-electron chi connectivity index (χ0n) is 24.0. The van der Waals surface area contributed by atoms with E-state index in [1.807, 2.05) is 41.9 Å². The number of rotatable bonds is 8. The Morgan fingerprint density at radius 3 is 2.56 bits per heavy atom. The molecule has 11 heteroatoms. The number of aromatic nitrogens is 3. The minimum absolute atomic E-state index is 0.0135. The number of hydrogen-bond donors (Lipinski definition) is 2. The van der Waals surface area contributed by atoms with Crippen LogP contribution in [0.1, 0.15) is 87.8 Å². The Kier molecular flexibility index (Phi) is 9.81. The van der Waals surface area contributed by atoms with Crippen LogP contribution < -0.4 is 15.8 Å². The molecule has 0 radical (unpaired) electrons. The lowest BCUT2D eigenvalue weighted by Gasteiger charge is -2.32. The highest BCUT2D eigenvalue weighted by Crippen LogP contribution is 2.42. The number of nitrogens with one attached hydrogen (secondary N) is 1. The minimum Gasteiger partial charge on any atom is -0.482 e. The molecule has 0 spiro atoms. The van der Waals surface area contributed by atoms with E-state index >= 15 is 0 Å². The van der Waals surface area contributed by atoms with Crippen LogP contribution in [0.3, 0.4) is 0 Å². The molecule has 1 fully saturated rings. The van der Waals surface area contributed by atoms with Crippen LogP contribution in [0.4, 0.5) is 15.0 Å². The van der Waals surface area contributed by atoms with Crippen LogP contribution in [0.5, 0.6) is 5.75 Å². The number of allylic oxidation sites excluding steroid dienone is 1. The van der Waals surface area contributed by atoms with Crippen molar-refractivity contribution in [2.24, 2.45) is 0 Å². The SMILES string of the molecule is C/C=C(/c1cnn(C2CCN(C(=O)NCC)CC2)c1)c1cnc(N)c(OC(C)c2c(Cl)ccc(F)c2Cl)c1C(C)C. The Balaban J connectivity index is 1.63. The Hall–Kier alpha value is -3.30. The van der Waals surface area contributed by atoms with E-state index in [2.05, 4.69) is 29.2 Å². The fourth-order valence-electron chi connectivity index (χ4n) is 5.34. The van der Waals surface area contributed by atoms with E-state index in [4.69, 9.17) is 33.7 Å². The average molecular weight is 604 g/mol. The molecule has 2 aromatic heterocycles. The van der Waals surface area contributed by atoms with Gasteiger partial charge in [-0.3, -0.25) is 4.68 Å². The van der Waals surface area contributed by atoms with Crippen LogP contribution in [-0.4, -0.2) is 45.3 Å². The summed E-state index contributed by atoms with van der Waals surface area (Å²) in [6.45, 7) is 11.7. The van der Waals surface area contributed by atoms with Crippen LogP contribution in [0.25, 0.3) is 5.57 Å². The van der Waals surface area contributed by atoms with E-state index < -0.39 is 11.9 Å². The van der Waals surface area contributed by atoms with Gasteiger partial charge in [-0.1, -0.05) is 43.1 Å². The molecule has 41 heavy (non-hydrogen) atoms. The number of urea groups is 1. The van der Waals surface area contributed by atoms with Gasteiger partial charge in [0.25, 0.3) is 0 Å². The lowest BCUT2D eigenvalue weighted by Crippen LogP contribution is -2.44. The van der Waals surface area contributed by atoms with Crippen molar-refractivity contribution in [3.8, 4) is 5.75 Å². The molecule has 3 aromatic rings. The van der Waals surface area contributed by atoms with Crippen molar-refractivity contribution in [3.05, 3.63) is 74.9 Å². The molecule has 1 saturated heterocycles. The number of nitrogen functional groups attached to an aromatic ring is 1. The summed E-state index contributed by atoms with van der Waals surface area (Å²) in [5.41, 5.74) is 10.3. The summed E-state index contributed by atoms with van der Waals surface area (Å²) in [5, 5.41) is 7.77. The molecule has 0 aliphatic carbocycles. The summed E-state index contributed by atoms with van der Waals surface area (Å²) in [5.74, 6) is 0.0666. The molecule has 1 atom stereocenters. The Bertz CT molecular complexity index is 1430. The first-order valence-corrected chi connectivity index (χ1v) is 14.6. The fourth-order valence-corrected chi connectivity index (χ4v) is 6.01. The highest BCUT2D eigenvalue weighted by molar-refractivity contribution is 6.36. The molecule has 2 amide bonds. The van der Waals surface area contributed by atoms with Crippen molar-refractivity contribution in [2.45, 2.75) is 65.5 Å². The molecule has 1 unspecified atom stereocenters. The summed E-state index contributed by atoms with van der Waals surface area (Å²) >= 11 is 12.6. The number of hydrogen-bond acceptors (Lipinski definition) is 5. The van der Waals surface area contributed by atoms with Crippen LogP contribution in [0.15, 0.2) is 36.8 Å². The second-order valence-corrected chi connectivity index (χ2v) is 11.2. The largest absolute Gasteiger partial charge is 0.482 e. The first-order valence-electron chi connectivity index (χ1n) is 13.9. The molecule has 220 valence electrons. The molecule has 3 N–H and O–H groups in total. The van der Waals surface area contributed by atoms with Gasteiger partial charge in [-0.2, -0.15) is 5.10 Å². The first kappa shape index (κ1) is 30.7. The number of pyridine rings is 1. The van der Waals surface area contributed by atoms with Gasteiger partial charge in [-0.15, -0.1) is 0 Å². The zero-order valence-corrected chi connectivity index (χ0v) is 25.6. The van der Waals surface area contributed by atoms with Gasteiger partial charge in [0.05, 0.1) is 17.3 Å². The highest BCUT2D eigenvalue weighted by Gasteiger charge is 2.27. The Morgan fingerprint density at radius 1 is 1.22 bits per heavy atom. The number of nitrogens with zero attached hydrogens (tertiary/aromatic N) is 4. The molecular formula is C30H37Cl2FN6O2. The topological polar surface area (TPSA) is 98.3 Å². The summed E-state index contributed by atoms with van der Waals surface area (Å²) in [4.78, 5) is 18.5. The first-order chi connectivity index (χ1) is 19.6.